The van der Waals surface area contributed by atoms with Gasteiger partial charge in [0.15, 0.2) is 11.5 Å². The van der Waals surface area contributed by atoms with Crippen LogP contribution in [0.3, 0.4) is 0 Å². The molecule has 1 aliphatic rings. The van der Waals surface area contributed by atoms with Gasteiger partial charge in [0.2, 0.25) is 0 Å². The number of imide groups is 1. The van der Waals surface area contributed by atoms with E-state index in [0.29, 0.717) is 32.6 Å². The zero-order chi connectivity index (χ0) is 25.8. The highest BCUT2D eigenvalue weighted by molar-refractivity contribution is 9.13. The third kappa shape index (κ3) is 5.48. The number of benzene rings is 3. The highest BCUT2D eigenvalue weighted by Crippen LogP contribution is 2.45. The number of hydrogen-bond donors (Lipinski definition) is 0. The van der Waals surface area contributed by atoms with Gasteiger partial charge in [-0.1, -0.05) is 48.5 Å². The smallest absolute Gasteiger partial charge is 0.293 e. The van der Waals surface area contributed by atoms with Crippen molar-refractivity contribution in [3.8, 4) is 11.5 Å². The molecule has 1 fully saturated rings. The Hall–Kier alpha value is -3.15. The summed E-state index contributed by atoms with van der Waals surface area (Å²) >= 11 is 7.84. The molecule has 11 heteroatoms. The number of rotatable bonds is 8. The average Bonchev–Trinajstić information content (AvgIpc) is 3.14. The summed E-state index contributed by atoms with van der Waals surface area (Å²) in [7, 11) is 1.51. The van der Waals surface area contributed by atoms with Gasteiger partial charge in [0.05, 0.1) is 28.0 Å². The van der Waals surface area contributed by atoms with E-state index < -0.39 is 16.1 Å². The zero-order valence-corrected chi connectivity index (χ0v) is 22.8. The van der Waals surface area contributed by atoms with Gasteiger partial charge in [-0.15, -0.1) is 0 Å². The van der Waals surface area contributed by atoms with Crippen molar-refractivity contribution >= 4 is 66.5 Å². The molecule has 0 saturated carbocycles. The lowest BCUT2D eigenvalue weighted by atomic mass is 10.1. The first-order valence-corrected chi connectivity index (χ1v) is 12.9. The van der Waals surface area contributed by atoms with E-state index >= 15 is 0 Å². The lowest BCUT2D eigenvalue weighted by Crippen LogP contribution is -2.27. The number of nitro groups is 1. The molecule has 3 aromatic carbocycles. The molecule has 0 bridgehead atoms. The van der Waals surface area contributed by atoms with Crippen molar-refractivity contribution in [3.05, 3.63) is 101 Å². The van der Waals surface area contributed by atoms with Crippen LogP contribution in [0.4, 0.5) is 10.5 Å². The lowest BCUT2D eigenvalue weighted by Gasteiger charge is -2.16. The molecule has 0 aromatic heterocycles. The Morgan fingerprint density at radius 1 is 1.06 bits per heavy atom. The molecule has 0 spiro atoms. The van der Waals surface area contributed by atoms with Crippen LogP contribution in [0.1, 0.15) is 16.7 Å². The third-order valence-corrected chi connectivity index (χ3v) is 8.33. The molecule has 0 atom stereocenters. The van der Waals surface area contributed by atoms with Crippen LogP contribution in [0.25, 0.3) is 6.08 Å². The fourth-order valence-corrected chi connectivity index (χ4v) is 5.27. The average molecular weight is 634 g/mol. The van der Waals surface area contributed by atoms with Gasteiger partial charge in [-0.05, 0) is 66.9 Å². The van der Waals surface area contributed by atoms with Crippen molar-refractivity contribution in [1.82, 2.24) is 4.90 Å². The number of nitrogens with zero attached hydrogens (tertiary/aromatic N) is 2. The number of halogens is 2. The van der Waals surface area contributed by atoms with E-state index in [-0.39, 0.29) is 22.7 Å². The zero-order valence-electron chi connectivity index (χ0n) is 18.8. The van der Waals surface area contributed by atoms with E-state index in [0.717, 1.165) is 22.2 Å². The molecule has 184 valence electrons. The normalized spacial score (nSPS) is 14.4. The topological polar surface area (TPSA) is 99.0 Å². The quantitative estimate of drug-likeness (QED) is 0.150. The summed E-state index contributed by atoms with van der Waals surface area (Å²) in [6.45, 7) is 0.131. The van der Waals surface area contributed by atoms with Crippen LogP contribution in [0.2, 0.25) is 0 Å². The van der Waals surface area contributed by atoms with Crippen LogP contribution in [0.15, 0.2) is 74.5 Å². The number of methoxy groups -OCH3 is 1. The highest BCUT2D eigenvalue weighted by atomic mass is 79.9. The van der Waals surface area contributed by atoms with Gasteiger partial charge in [-0.2, -0.15) is 0 Å². The van der Waals surface area contributed by atoms with Gasteiger partial charge in [0.25, 0.3) is 16.8 Å². The fourth-order valence-electron chi connectivity index (χ4n) is 3.50. The van der Waals surface area contributed by atoms with Gasteiger partial charge in [-0.3, -0.25) is 24.6 Å². The van der Waals surface area contributed by atoms with Crippen LogP contribution in [-0.4, -0.2) is 28.1 Å². The fraction of sp³-hybridized carbons (Fsp3) is 0.120. The molecule has 0 N–H and O–H groups in total. The Bertz CT molecular complexity index is 1380. The van der Waals surface area contributed by atoms with Gasteiger partial charge in [-0.25, -0.2) is 0 Å². The Balaban J connectivity index is 1.60. The second kappa shape index (κ2) is 11.3. The summed E-state index contributed by atoms with van der Waals surface area (Å²) in [6.07, 6.45) is 1.57. The van der Waals surface area contributed by atoms with Crippen LogP contribution < -0.4 is 9.47 Å². The maximum atomic E-state index is 13.0. The highest BCUT2D eigenvalue weighted by Gasteiger charge is 2.36. The number of carbonyl (C=O) groups is 2. The summed E-state index contributed by atoms with van der Waals surface area (Å²) in [5.74, 6) is 0.385. The van der Waals surface area contributed by atoms with E-state index in [9.17, 15) is 19.7 Å². The third-order valence-electron chi connectivity index (χ3n) is 5.28. The predicted molar refractivity (Wildman–Crippen MR) is 144 cm³/mol. The van der Waals surface area contributed by atoms with Crippen molar-refractivity contribution < 1.29 is 24.0 Å². The molecule has 1 saturated heterocycles. The van der Waals surface area contributed by atoms with E-state index in [4.69, 9.17) is 9.47 Å². The number of carbonyl (C=O) groups excluding carboxylic acids is 2. The van der Waals surface area contributed by atoms with Crippen molar-refractivity contribution in [1.29, 1.82) is 0 Å². The van der Waals surface area contributed by atoms with Gasteiger partial charge < -0.3 is 9.47 Å². The SMILES string of the molecule is COc1cc(/C=C2\SC(=O)N(Cc3ccccc3[N+](=O)[O-])C2=O)c(Br)c(Br)c1OCc1ccccc1. The second-order valence-corrected chi connectivity index (χ2v) is 10.1. The standard InChI is InChI=1S/C25H18Br2N2O6S/c1-34-19-11-17(21(26)22(27)23(19)35-14-15-7-3-2-4-8-15)12-20-24(30)28(25(31)36-20)13-16-9-5-6-10-18(16)29(32)33/h2-12H,13-14H2,1H3/b20-12-. The van der Waals surface area contributed by atoms with Crippen LogP contribution >= 0.6 is 43.6 Å². The Kier molecular flexibility index (Phi) is 8.12. The largest absolute Gasteiger partial charge is 0.493 e. The first-order valence-electron chi connectivity index (χ1n) is 10.5. The molecule has 4 rings (SSSR count). The molecule has 3 aromatic rings. The van der Waals surface area contributed by atoms with Gasteiger partial charge >= 0.3 is 0 Å². The van der Waals surface area contributed by atoms with E-state index in [1.165, 1.54) is 25.3 Å². The van der Waals surface area contributed by atoms with Crippen LogP contribution in [0.5, 0.6) is 11.5 Å². The van der Waals surface area contributed by atoms with Crippen LogP contribution in [0, 0.1) is 10.1 Å². The summed E-state index contributed by atoms with van der Waals surface area (Å²) in [5.41, 5.74) is 1.69. The maximum Gasteiger partial charge on any atom is 0.293 e. The van der Waals surface area contributed by atoms with Crippen molar-refractivity contribution in [2.24, 2.45) is 0 Å². The number of para-hydroxylation sites is 1. The predicted octanol–water partition coefficient (Wildman–Crippen LogP) is 6.94. The molecule has 36 heavy (non-hydrogen) atoms. The molecule has 1 heterocycles. The number of amides is 2. The summed E-state index contributed by atoms with van der Waals surface area (Å²) in [6, 6.07) is 17.4. The Labute approximate surface area is 227 Å². The molecule has 0 radical (unpaired) electrons. The van der Waals surface area contributed by atoms with Crippen LogP contribution in [-0.2, 0) is 17.9 Å². The summed E-state index contributed by atoms with van der Waals surface area (Å²) < 4.78 is 12.7. The molecular weight excluding hydrogens is 616 g/mol. The first-order chi connectivity index (χ1) is 17.3. The second-order valence-electron chi connectivity index (χ2n) is 7.55. The van der Waals surface area contributed by atoms with E-state index in [1.807, 2.05) is 30.3 Å². The molecule has 2 amide bonds. The van der Waals surface area contributed by atoms with Crippen molar-refractivity contribution in [3.63, 3.8) is 0 Å². The number of ether oxygens (including phenoxy) is 2. The number of hydrogen-bond acceptors (Lipinski definition) is 7. The van der Waals surface area contributed by atoms with E-state index in [1.54, 1.807) is 18.2 Å². The molecule has 0 unspecified atom stereocenters. The van der Waals surface area contributed by atoms with Crippen molar-refractivity contribution in [2.75, 3.05) is 7.11 Å². The monoisotopic (exact) mass is 632 g/mol. The summed E-state index contributed by atoms with van der Waals surface area (Å²) in [5, 5.41) is 10.8. The Morgan fingerprint density at radius 3 is 2.44 bits per heavy atom. The maximum absolute atomic E-state index is 13.0. The molecule has 0 aliphatic carbocycles. The lowest BCUT2D eigenvalue weighted by molar-refractivity contribution is -0.385. The molecule has 1 aliphatic heterocycles. The summed E-state index contributed by atoms with van der Waals surface area (Å²) in [4.78, 5) is 37.6. The first kappa shape index (κ1) is 25.9. The molecule has 8 nitrogen and oxygen atoms in total. The minimum atomic E-state index is -0.535. The minimum absolute atomic E-state index is 0.150. The number of thioether (sulfide) groups is 1. The Morgan fingerprint density at radius 2 is 1.75 bits per heavy atom. The number of nitro benzene ring substituents is 1. The molecular formula is C25H18Br2N2O6S. The van der Waals surface area contributed by atoms with Crippen molar-refractivity contribution in [2.45, 2.75) is 13.2 Å². The van der Waals surface area contributed by atoms with E-state index in [2.05, 4.69) is 31.9 Å². The van der Waals surface area contributed by atoms with Gasteiger partial charge in [0.1, 0.15) is 6.61 Å². The minimum Gasteiger partial charge on any atom is -0.493 e. The van der Waals surface area contributed by atoms with Gasteiger partial charge in [0, 0.05) is 16.1 Å².